The molecule has 2 nitrogen and oxygen atoms in total. The molecule has 2 heteroatoms. The van der Waals surface area contributed by atoms with Crippen molar-refractivity contribution < 1.29 is 5.11 Å². The van der Waals surface area contributed by atoms with E-state index in [-0.39, 0.29) is 0 Å². The number of likely N-dealkylation sites (tertiary alicyclic amines) is 1. The van der Waals surface area contributed by atoms with Gasteiger partial charge in [-0.05, 0) is 63.8 Å². The quantitative estimate of drug-likeness (QED) is 0.757. The van der Waals surface area contributed by atoms with Crippen LogP contribution in [0.5, 0.6) is 0 Å². The predicted molar refractivity (Wildman–Crippen MR) is 62.8 cm³/mol. The Morgan fingerprint density at radius 2 is 1.93 bits per heavy atom. The van der Waals surface area contributed by atoms with E-state index < -0.39 is 0 Å². The molecule has 1 aliphatic heterocycles. The molecule has 1 heterocycles. The molecule has 0 aromatic carbocycles. The first kappa shape index (κ1) is 11.4. The van der Waals surface area contributed by atoms with E-state index >= 15 is 0 Å². The van der Waals surface area contributed by atoms with Crippen LogP contribution in [0.4, 0.5) is 0 Å². The topological polar surface area (TPSA) is 23.5 Å². The molecule has 0 amide bonds. The van der Waals surface area contributed by atoms with Crippen LogP contribution in [0.2, 0.25) is 0 Å². The van der Waals surface area contributed by atoms with Gasteiger partial charge in [0.05, 0.1) is 0 Å². The monoisotopic (exact) mass is 211 g/mol. The summed E-state index contributed by atoms with van der Waals surface area (Å²) in [6.07, 6.45) is 6.59. The molecule has 0 atom stereocenters. The Morgan fingerprint density at radius 1 is 1.27 bits per heavy atom. The third kappa shape index (κ3) is 2.36. The molecule has 15 heavy (non-hydrogen) atoms. The second-order valence-corrected chi connectivity index (χ2v) is 5.94. The van der Waals surface area contributed by atoms with Gasteiger partial charge in [-0.1, -0.05) is 0 Å². The van der Waals surface area contributed by atoms with Crippen molar-refractivity contribution in [2.45, 2.75) is 52.0 Å². The molecule has 1 aliphatic carbocycles. The summed E-state index contributed by atoms with van der Waals surface area (Å²) in [6.45, 7) is 7.62. The van der Waals surface area contributed by atoms with Crippen molar-refractivity contribution in [3.8, 4) is 0 Å². The van der Waals surface area contributed by atoms with Crippen molar-refractivity contribution in [1.29, 1.82) is 0 Å². The van der Waals surface area contributed by atoms with E-state index in [1.807, 2.05) is 0 Å². The maximum Gasteiger partial charge on any atom is 0.0459 e. The molecule has 1 spiro atoms. The lowest BCUT2D eigenvalue weighted by Crippen LogP contribution is -2.34. The van der Waals surface area contributed by atoms with Crippen molar-refractivity contribution in [2.75, 3.05) is 19.7 Å². The van der Waals surface area contributed by atoms with Gasteiger partial charge in [0.2, 0.25) is 0 Å². The van der Waals surface area contributed by atoms with Crippen molar-refractivity contribution in [2.24, 2.45) is 11.3 Å². The Kier molecular flexibility index (Phi) is 3.36. The highest BCUT2D eigenvalue weighted by atomic mass is 16.3. The molecule has 2 fully saturated rings. The molecule has 0 aromatic heterocycles. The first-order valence-electron chi connectivity index (χ1n) is 6.50. The van der Waals surface area contributed by atoms with Crippen LogP contribution in [0.25, 0.3) is 0 Å². The molecule has 1 saturated heterocycles. The van der Waals surface area contributed by atoms with Crippen molar-refractivity contribution in [3.63, 3.8) is 0 Å². The van der Waals surface area contributed by atoms with Crippen LogP contribution in [-0.4, -0.2) is 35.7 Å². The van der Waals surface area contributed by atoms with Gasteiger partial charge < -0.3 is 10.0 Å². The smallest absolute Gasteiger partial charge is 0.0459 e. The molecular formula is C13H25NO. The van der Waals surface area contributed by atoms with Crippen molar-refractivity contribution in [1.82, 2.24) is 4.90 Å². The molecule has 1 N–H and O–H groups in total. The number of aliphatic hydroxyl groups excluding tert-OH is 1. The Bertz CT molecular complexity index is 207. The minimum absolute atomic E-state index is 0.407. The van der Waals surface area contributed by atoms with Crippen LogP contribution >= 0.6 is 0 Å². The zero-order valence-corrected chi connectivity index (χ0v) is 10.2. The van der Waals surface area contributed by atoms with Gasteiger partial charge in [-0.15, -0.1) is 0 Å². The summed E-state index contributed by atoms with van der Waals surface area (Å²) < 4.78 is 0. The largest absolute Gasteiger partial charge is 0.396 e. The zero-order valence-electron chi connectivity index (χ0n) is 10.2. The minimum Gasteiger partial charge on any atom is -0.396 e. The fourth-order valence-corrected chi connectivity index (χ4v) is 3.29. The summed E-state index contributed by atoms with van der Waals surface area (Å²) in [5.41, 5.74) is 0.621. The van der Waals surface area contributed by atoms with E-state index in [0.29, 0.717) is 24.0 Å². The summed E-state index contributed by atoms with van der Waals surface area (Å²) in [6, 6.07) is 0.708. The number of hydrogen-bond acceptors (Lipinski definition) is 2. The van der Waals surface area contributed by atoms with Gasteiger partial charge >= 0.3 is 0 Å². The van der Waals surface area contributed by atoms with Gasteiger partial charge in [-0.2, -0.15) is 0 Å². The molecule has 0 unspecified atom stereocenters. The molecule has 0 bridgehead atoms. The van der Waals surface area contributed by atoms with E-state index in [1.165, 1.54) is 45.2 Å². The highest BCUT2D eigenvalue weighted by Gasteiger charge is 2.41. The maximum absolute atomic E-state index is 9.15. The number of hydrogen-bond donors (Lipinski definition) is 1. The van der Waals surface area contributed by atoms with Crippen LogP contribution in [0.3, 0.4) is 0 Å². The van der Waals surface area contributed by atoms with Gasteiger partial charge in [0.25, 0.3) is 0 Å². The third-order valence-electron chi connectivity index (χ3n) is 4.62. The highest BCUT2D eigenvalue weighted by Crippen LogP contribution is 2.45. The van der Waals surface area contributed by atoms with Crippen LogP contribution < -0.4 is 0 Å². The molecule has 2 aliphatic rings. The molecule has 0 radical (unpaired) electrons. The second-order valence-electron chi connectivity index (χ2n) is 5.94. The Labute approximate surface area is 93.7 Å². The van der Waals surface area contributed by atoms with Gasteiger partial charge in [0, 0.05) is 19.2 Å². The van der Waals surface area contributed by atoms with Crippen LogP contribution in [-0.2, 0) is 0 Å². The first-order valence-corrected chi connectivity index (χ1v) is 6.50. The standard InChI is InChI=1S/C13H25NO/c1-11(2)14-8-7-13(10-14)5-3-12(9-15)4-6-13/h11-12,15H,3-10H2,1-2H3. The van der Waals surface area contributed by atoms with Crippen molar-refractivity contribution >= 4 is 0 Å². The molecular weight excluding hydrogens is 186 g/mol. The molecule has 1 saturated carbocycles. The number of aliphatic hydroxyl groups is 1. The minimum atomic E-state index is 0.407. The summed E-state index contributed by atoms with van der Waals surface area (Å²) in [4.78, 5) is 2.62. The lowest BCUT2D eigenvalue weighted by Gasteiger charge is -2.37. The lowest BCUT2D eigenvalue weighted by molar-refractivity contribution is 0.107. The van der Waals surface area contributed by atoms with Crippen LogP contribution in [0.15, 0.2) is 0 Å². The van der Waals surface area contributed by atoms with E-state index in [4.69, 9.17) is 5.11 Å². The Hall–Kier alpha value is -0.0800. The van der Waals surface area contributed by atoms with E-state index in [9.17, 15) is 0 Å². The number of nitrogens with zero attached hydrogens (tertiary/aromatic N) is 1. The fraction of sp³-hybridized carbons (Fsp3) is 1.00. The lowest BCUT2D eigenvalue weighted by atomic mass is 9.70. The van der Waals surface area contributed by atoms with Crippen molar-refractivity contribution in [3.05, 3.63) is 0 Å². The summed E-state index contributed by atoms with van der Waals surface area (Å²) in [5, 5.41) is 9.15. The normalized spacial score (nSPS) is 38.0. The van der Waals surface area contributed by atoms with E-state index in [0.717, 1.165) is 0 Å². The zero-order chi connectivity index (χ0) is 10.9. The summed E-state index contributed by atoms with van der Waals surface area (Å²) in [5.74, 6) is 0.601. The fourth-order valence-electron chi connectivity index (χ4n) is 3.29. The predicted octanol–water partition coefficient (Wildman–Crippen LogP) is 2.27. The molecule has 0 aromatic rings. The van der Waals surface area contributed by atoms with E-state index in [2.05, 4.69) is 18.7 Å². The third-order valence-corrected chi connectivity index (χ3v) is 4.62. The molecule has 88 valence electrons. The van der Waals surface area contributed by atoms with Gasteiger partial charge in [0.1, 0.15) is 0 Å². The van der Waals surface area contributed by atoms with Crippen LogP contribution in [0.1, 0.15) is 46.0 Å². The average molecular weight is 211 g/mol. The summed E-state index contributed by atoms with van der Waals surface area (Å²) in [7, 11) is 0. The van der Waals surface area contributed by atoms with Gasteiger partial charge in [-0.3, -0.25) is 0 Å². The van der Waals surface area contributed by atoms with Crippen LogP contribution in [0, 0.1) is 11.3 Å². The molecule has 2 rings (SSSR count). The highest BCUT2D eigenvalue weighted by molar-refractivity contribution is 4.94. The Balaban J connectivity index is 1.89. The average Bonchev–Trinajstić information content (AvgIpc) is 2.64. The SMILES string of the molecule is CC(C)N1CCC2(CCC(CO)CC2)C1. The van der Waals surface area contributed by atoms with Gasteiger partial charge in [-0.25, -0.2) is 0 Å². The number of rotatable bonds is 2. The Morgan fingerprint density at radius 3 is 2.40 bits per heavy atom. The maximum atomic E-state index is 9.15. The second kappa shape index (κ2) is 4.42. The first-order chi connectivity index (χ1) is 7.15. The van der Waals surface area contributed by atoms with E-state index in [1.54, 1.807) is 0 Å². The van der Waals surface area contributed by atoms with Gasteiger partial charge in [0.15, 0.2) is 0 Å². The summed E-state index contributed by atoms with van der Waals surface area (Å²) >= 11 is 0.